The molecule has 0 radical (unpaired) electrons. The molecule has 0 amide bonds. The Morgan fingerprint density at radius 1 is 1.37 bits per heavy atom. The lowest BCUT2D eigenvalue weighted by Crippen LogP contribution is -2.25. The van der Waals surface area contributed by atoms with E-state index in [-0.39, 0.29) is 6.04 Å². The van der Waals surface area contributed by atoms with Crippen LogP contribution >= 0.6 is 11.6 Å². The third-order valence-corrected chi connectivity index (χ3v) is 3.87. The van der Waals surface area contributed by atoms with Crippen molar-refractivity contribution in [1.82, 2.24) is 4.90 Å². The number of rotatable bonds is 2. The fourth-order valence-corrected chi connectivity index (χ4v) is 2.50. The maximum atomic E-state index is 12.7. The summed E-state index contributed by atoms with van der Waals surface area (Å²) >= 11 is 5.95. The second-order valence-electron chi connectivity index (χ2n) is 5.06. The summed E-state index contributed by atoms with van der Waals surface area (Å²) in [5.41, 5.74) is -0.331. The first-order valence-corrected chi connectivity index (χ1v) is 6.48. The number of likely N-dealkylation sites (N-methyl/N-ethyl adjacent to an activating group) is 1. The van der Waals surface area contributed by atoms with Crippen LogP contribution in [0.4, 0.5) is 18.9 Å². The van der Waals surface area contributed by atoms with Crippen LogP contribution in [-0.2, 0) is 6.18 Å². The topological polar surface area (TPSA) is 15.3 Å². The Hall–Kier alpha value is -0.940. The number of hydrogen-bond donors (Lipinski definition) is 1. The van der Waals surface area contributed by atoms with Crippen LogP contribution in [0.5, 0.6) is 0 Å². The summed E-state index contributed by atoms with van der Waals surface area (Å²) in [6.45, 7) is 2.89. The zero-order valence-electron chi connectivity index (χ0n) is 10.8. The van der Waals surface area contributed by atoms with E-state index in [0.717, 1.165) is 25.1 Å². The number of hydrogen-bond acceptors (Lipinski definition) is 2. The van der Waals surface area contributed by atoms with Gasteiger partial charge in [0.2, 0.25) is 0 Å². The minimum Gasteiger partial charge on any atom is -0.380 e. The van der Waals surface area contributed by atoms with Gasteiger partial charge in [-0.1, -0.05) is 11.6 Å². The van der Waals surface area contributed by atoms with E-state index < -0.39 is 11.7 Å². The number of nitrogens with one attached hydrogen (secondary N) is 1. The molecule has 2 unspecified atom stereocenters. The molecule has 0 saturated carbocycles. The predicted octanol–water partition coefficient (Wildman–Crippen LogP) is 3.86. The van der Waals surface area contributed by atoms with E-state index in [1.165, 1.54) is 6.07 Å². The molecule has 1 aliphatic rings. The molecule has 0 bridgehead atoms. The lowest BCUT2D eigenvalue weighted by molar-refractivity contribution is -0.137. The highest BCUT2D eigenvalue weighted by Gasteiger charge is 2.32. The fraction of sp³-hybridized carbons (Fsp3) is 0.538. The van der Waals surface area contributed by atoms with Gasteiger partial charge in [0, 0.05) is 18.6 Å². The molecule has 1 aliphatic heterocycles. The largest absolute Gasteiger partial charge is 0.416 e. The smallest absolute Gasteiger partial charge is 0.380 e. The molecule has 2 atom stereocenters. The van der Waals surface area contributed by atoms with Gasteiger partial charge in [-0.25, -0.2) is 0 Å². The van der Waals surface area contributed by atoms with Crippen molar-refractivity contribution in [3.63, 3.8) is 0 Å². The van der Waals surface area contributed by atoms with E-state index in [1.807, 2.05) is 7.05 Å². The lowest BCUT2D eigenvalue weighted by Gasteiger charge is -2.17. The molecule has 0 aliphatic carbocycles. The van der Waals surface area contributed by atoms with Crippen LogP contribution in [0, 0.1) is 0 Å². The number of likely N-dealkylation sites (tertiary alicyclic amines) is 1. The monoisotopic (exact) mass is 292 g/mol. The van der Waals surface area contributed by atoms with E-state index >= 15 is 0 Å². The molecule has 1 heterocycles. The van der Waals surface area contributed by atoms with Gasteiger partial charge >= 0.3 is 6.18 Å². The van der Waals surface area contributed by atoms with Gasteiger partial charge in [0.25, 0.3) is 0 Å². The normalized spacial score (nSPS) is 24.7. The molecule has 19 heavy (non-hydrogen) atoms. The van der Waals surface area contributed by atoms with E-state index in [9.17, 15) is 13.2 Å². The summed E-state index contributed by atoms with van der Waals surface area (Å²) in [5, 5.41) is 3.42. The summed E-state index contributed by atoms with van der Waals surface area (Å²) in [4.78, 5) is 2.17. The van der Waals surface area contributed by atoms with Crippen molar-refractivity contribution in [3.05, 3.63) is 28.8 Å². The number of alkyl halides is 3. The Kier molecular flexibility index (Phi) is 3.97. The maximum absolute atomic E-state index is 12.7. The molecule has 1 aromatic carbocycles. The summed E-state index contributed by atoms with van der Waals surface area (Å²) in [5.74, 6) is 0. The maximum Gasteiger partial charge on any atom is 0.416 e. The quantitative estimate of drug-likeness (QED) is 0.890. The molecule has 106 valence electrons. The summed E-state index contributed by atoms with van der Waals surface area (Å²) in [6, 6.07) is 3.90. The minimum atomic E-state index is -4.35. The van der Waals surface area contributed by atoms with Crippen molar-refractivity contribution in [2.45, 2.75) is 31.6 Å². The molecule has 1 N–H and O–H groups in total. The van der Waals surface area contributed by atoms with Crippen molar-refractivity contribution in [1.29, 1.82) is 0 Å². The first-order valence-electron chi connectivity index (χ1n) is 6.11. The standard InChI is InChI=1S/C13H16ClF3N2/c1-8-5-10(7-19(8)2)18-12-6-9(13(15,16)17)3-4-11(12)14/h3-4,6,8,10,18H,5,7H2,1-2H3. The molecule has 0 aromatic heterocycles. The first-order chi connectivity index (χ1) is 8.77. The number of anilines is 1. The number of nitrogens with zero attached hydrogens (tertiary/aromatic N) is 1. The van der Waals surface area contributed by atoms with Gasteiger partial charge in [-0.05, 0) is 38.6 Å². The second kappa shape index (κ2) is 5.21. The highest BCUT2D eigenvalue weighted by atomic mass is 35.5. The van der Waals surface area contributed by atoms with Gasteiger partial charge in [-0.2, -0.15) is 13.2 Å². The van der Waals surface area contributed by atoms with E-state index in [1.54, 1.807) is 0 Å². The van der Waals surface area contributed by atoms with E-state index in [2.05, 4.69) is 17.1 Å². The average molecular weight is 293 g/mol. The summed E-state index contributed by atoms with van der Waals surface area (Å²) < 4.78 is 38.0. The SMILES string of the molecule is CC1CC(Nc2cc(C(F)(F)F)ccc2Cl)CN1C. The first kappa shape index (κ1) is 14.5. The second-order valence-corrected chi connectivity index (χ2v) is 5.47. The van der Waals surface area contributed by atoms with Crippen LogP contribution in [0.1, 0.15) is 18.9 Å². The van der Waals surface area contributed by atoms with Crippen LogP contribution in [0.3, 0.4) is 0 Å². The van der Waals surface area contributed by atoms with Gasteiger partial charge in [0.15, 0.2) is 0 Å². The van der Waals surface area contributed by atoms with Crippen molar-refractivity contribution >= 4 is 17.3 Å². The third-order valence-electron chi connectivity index (χ3n) is 3.54. The van der Waals surface area contributed by atoms with Crippen molar-refractivity contribution in [2.75, 3.05) is 18.9 Å². The minimum absolute atomic E-state index is 0.126. The van der Waals surface area contributed by atoms with Crippen LogP contribution in [0.2, 0.25) is 5.02 Å². The molecule has 2 nitrogen and oxygen atoms in total. The fourth-order valence-electron chi connectivity index (χ4n) is 2.33. The Bertz CT molecular complexity index is 452. The van der Waals surface area contributed by atoms with E-state index in [0.29, 0.717) is 16.8 Å². The summed E-state index contributed by atoms with van der Waals surface area (Å²) in [6.07, 6.45) is -3.45. The van der Waals surface area contributed by atoms with Gasteiger partial charge in [0.05, 0.1) is 16.3 Å². The van der Waals surface area contributed by atoms with Crippen LogP contribution in [0.25, 0.3) is 0 Å². The molecule has 1 aromatic rings. The Morgan fingerprint density at radius 2 is 2.05 bits per heavy atom. The zero-order chi connectivity index (χ0) is 14.2. The van der Waals surface area contributed by atoms with Crippen molar-refractivity contribution < 1.29 is 13.2 Å². The summed E-state index contributed by atoms with van der Waals surface area (Å²) in [7, 11) is 2.00. The molecule has 6 heteroatoms. The van der Waals surface area contributed by atoms with Gasteiger partial charge in [-0.15, -0.1) is 0 Å². The molecule has 1 saturated heterocycles. The molecular formula is C13H16ClF3N2. The molecular weight excluding hydrogens is 277 g/mol. The molecule has 0 spiro atoms. The third kappa shape index (κ3) is 3.34. The number of benzene rings is 1. The average Bonchev–Trinajstić information content (AvgIpc) is 2.59. The lowest BCUT2D eigenvalue weighted by atomic mass is 10.1. The Balaban J connectivity index is 2.16. The van der Waals surface area contributed by atoms with Crippen LogP contribution in [-0.4, -0.2) is 30.6 Å². The molecule has 2 rings (SSSR count). The Labute approximate surface area is 115 Å². The predicted molar refractivity (Wildman–Crippen MR) is 70.6 cm³/mol. The highest BCUT2D eigenvalue weighted by molar-refractivity contribution is 6.33. The van der Waals surface area contributed by atoms with Crippen molar-refractivity contribution in [3.8, 4) is 0 Å². The van der Waals surface area contributed by atoms with Crippen LogP contribution < -0.4 is 5.32 Å². The van der Waals surface area contributed by atoms with Gasteiger partial charge in [-0.3, -0.25) is 0 Å². The zero-order valence-corrected chi connectivity index (χ0v) is 11.5. The van der Waals surface area contributed by atoms with Crippen molar-refractivity contribution in [2.24, 2.45) is 0 Å². The van der Waals surface area contributed by atoms with Gasteiger partial charge < -0.3 is 10.2 Å². The molecule has 1 fully saturated rings. The van der Waals surface area contributed by atoms with E-state index in [4.69, 9.17) is 11.6 Å². The van der Waals surface area contributed by atoms with Crippen LogP contribution in [0.15, 0.2) is 18.2 Å². The van der Waals surface area contributed by atoms with Gasteiger partial charge in [0.1, 0.15) is 0 Å². The highest BCUT2D eigenvalue weighted by Crippen LogP contribution is 2.34. The number of halogens is 4. The Morgan fingerprint density at radius 3 is 2.58 bits per heavy atom.